The lowest BCUT2D eigenvalue weighted by Gasteiger charge is -2.09. The maximum absolute atomic E-state index is 5.92. The summed E-state index contributed by atoms with van der Waals surface area (Å²) in [6.45, 7) is 2.84. The van der Waals surface area contributed by atoms with Gasteiger partial charge in [-0.05, 0) is 58.8 Å². The second-order valence-electron chi connectivity index (χ2n) is 3.93. The maximum Gasteiger partial charge on any atom is 0.233 e. The van der Waals surface area contributed by atoms with E-state index >= 15 is 0 Å². The molecule has 0 unspecified atom stereocenters. The molecule has 0 atom stereocenters. The Hall–Kier alpha value is -0.860. The Morgan fingerprint density at radius 2 is 1.90 bits per heavy atom. The van der Waals surface area contributed by atoms with E-state index in [1.54, 1.807) is 6.07 Å². The molecule has 0 fully saturated rings. The molecule has 5 nitrogen and oxygen atoms in total. The predicted molar refractivity (Wildman–Crippen MR) is 91.1 cm³/mol. The van der Waals surface area contributed by atoms with Gasteiger partial charge in [-0.2, -0.15) is 15.0 Å². The third-order valence-electron chi connectivity index (χ3n) is 2.32. The fourth-order valence-electron chi connectivity index (χ4n) is 1.43. The zero-order chi connectivity index (χ0) is 14.5. The van der Waals surface area contributed by atoms with Crippen molar-refractivity contribution < 1.29 is 0 Å². The Kier molecular flexibility index (Phi) is 5.62. The summed E-state index contributed by atoms with van der Waals surface area (Å²) in [5, 5.41) is 7.00. The van der Waals surface area contributed by atoms with Gasteiger partial charge < -0.3 is 10.6 Å². The van der Waals surface area contributed by atoms with Crippen molar-refractivity contribution >= 4 is 63.4 Å². The summed E-state index contributed by atoms with van der Waals surface area (Å²) in [4.78, 5) is 12.3. The zero-order valence-corrected chi connectivity index (χ0v) is 14.3. The van der Waals surface area contributed by atoms with Crippen LogP contribution in [0.4, 0.5) is 17.6 Å². The highest BCUT2D eigenvalue weighted by atomic mass is 127. The number of hydrogen-bond donors (Lipinski definition) is 2. The summed E-state index contributed by atoms with van der Waals surface area (Å²) in [5.41, 5.74) is 0.860. The standard InChI is InChI=1S/C12H12Cl2IN5/c1-2-5-16-11-18-10(14)19-12(20-11)17-9-4-3-7(13)6-8(9)15/h3-4,6H,2,5H2,1H3,(H2,16,17,18,19,20). The number of nitrogens with zero attached hydrogens (tertiary/aromatic N) is 3. The Morgan fingerprint density at radius 1 is 1.15 bits per heavy atom. The van der Waals surface area contributed by atoms with Gasteiger partial charge in [-0.1, -0.05) is 18.5 Å². The Labute approximate surface area is 140 Å². The second-order valence-corrected chi connectivity index (χ2v) is 5.86. The fourth-order valence-corrected chi connectivity index (χ4v) is 2.60. The summed E-state index contributed by atoms with van der Waals surface area (Å²) in [6, 6.07) is 5.51. The first kappa shape index (κ1) is 15.5. The largest absolute Gasteiger partial charge is 0.354 e. The van der Waals surface area contributed by atoms with E-state index in [0.717, 1.165) is 22.2 Å². The Morgan fingerprint density at radius 3 is 2.60 bits per heavy atom. The molecule has 0 spiro atoms. The van der Waals surface area contributed by atoms with Gasteiger partial charge in [0, 0.05) is 15.1 Å². The van der Waals surface area contributed by atoms with E-state index < -0.39 is 0 Å². The lowest BCUT2D eigenvalue weighted by molar-refractivity contribution is 0.940. The van der Waals surface area contributed by atoms with Crippen molar-refractivity contribution in [3.8, 4) is 0 Å². The molecule has 0 bridgehead atoms. The van der Waals surface area contributed by atoms with E-state index in [1.807, 2.05) is 12.1 Å². The first-order valence-electron chi connectivity index (χ1n) is 5.96. The van der Waals surface area contributed by atoms with Crippen molar-refractivity contribution in [3.63, 3.8) is 0 Å². The average Bonchev–Trinajstić information content (AvgIpc) is 2.39. The van der Waals surface area contributed by atoms with Gasteiger partial charge in [-0.15, -0.1) is 0 Å². The molecule has 106 valence electrons. The van der Waals surface area contributed by atoms with Crippen LogP contribution in [0.25, 0.3) is 0 Å². The zero-order valence-electron chi connectivity index (χ0n) is 10.6. The lowest BCUT2D eigenvalue weighted by Crippen LogP contribution is -2.08. The maximum atomic E-state index is 5.92. The molecule has 2 rings (SSSR count). The molecule has 0 amide bonds. The highest BCUT2D eigenvalue weighted by Gasteiger charge is 2.07. The molecule has 0 aliphatic carbocycles. The molecule has 1 aromatic heterocycles. The summed E-state index contributed by atoms with van der Waals surface area (Å²) in [7, 11) is 0. The highest BCUT2D eigenvalue weighted by molar-refractivity contribution is 14.1. The summed E-state index contributed by atoms with van der Waals surface area (Å²) in [6.07, 6.45) is 0.973. The van der Waals surface area contributed by atoms with Crippen molar-refractivity contribution in [3.05, 3.63) is 32.1 Å². The van der Waals surface area contributed by atoms with E-state index in [9.17, 15) is 0 Å². The van der Waals surface area contributed by atoms with Crippen LogP contribution in [0.5, 0.6) is 0 Å². The van der Waals surface area contributed by atoms with Crippen LogP contribution in [0, 0.1) is 3.57 Å². The number of anilines is 3. The SMILES string of the molecule is CCCNc1nc(Cl)nc(Nc2ccc(Cl)cc2I)n1. The fraction of sp³-hybridized carbons (Fsp3) is 0.250. The van der Waals surface area contributed by atoms with E-state index in [2.05, 4.69) is 55.1 Å². The third kappa shape index (κ3) is 4.32. The third-order valence-corrected chi connectivity index (χ3v) is 3.62. The average molecular weight is 424 g/mol. The molecule has 0 radical (unpaired) electrons. The quantitative estimate of drug-likeness (QED) is 0.700. The van der Waals surface area contributed by atoms with Crippen LogP contribution in [-0.4, -0.2) is 21.5 Å². The van der Waals surface area contributed by atoms with Gasteiger partial charge in [0.05, 0.1) is 5.69 Å². The van der Waals surface area contributed by atoms with Crippen molar-refractivity contribution in [2.24, 2.45) is 0 Å². The predicted octanol–water partition coefficient (Wildman–Crippen LogP) is 4.35. The highest BCUT2D eigenvalue weighted by Crippen LogP contribution is 2.24. The number of hydrogen-bond acceptors (Lipinski definition) is 5. The van der Waals surface area contributed by atoms with E-state index in [-0.39, 0.29) is 5.28 Å². The summed E-state index contributed by atoms with van der Waals surface area (Å²) < 4.78 is 0.967. The van der Waals surface area contributed by atoms with E-state index in [1.165, 1.54) is 0 Å². The summed E-state index contributed by atoms with van der Waals surface area (Å²) in [5.74, 6) is 0.849. The van der Waals surface area contributed by atoms with Gasteiger partial charge >= 0.3 is 0 Å². The smallest absolute Gasteiger partial charge is 0.233 e. The molecule has 2 N–H and O–H groups in total. The minimum atomic E-state index is 0.144. The lowest BCUT2D eigenvalue weighted by atomic mass is 10.3. The van der Waals surface area contributed by atoms with Crippen LogP contribution < -0.4 is 10.6 Å². The molecule has 8 heteroatoms. The Balaban J connectivity index is 2.21. The molecule has 2 aromatic rings. The van der Waals surface area contributed by atoms with E-state index in [4.69, 9.17) is 23.2 Å². The number of nitrogens with one attached hydrogen (secondary N) is 2. The number of aromatic nitrogens is 3. The van der Waals surface area contributed by atoms with Crippen LogP contribution in [0.3, 0.4) is 0 Å². The minimum Gasteiger partial charge on any atom is -0.354 e. The van der Waals surface area contributed by atoms with Crippen LogP contribution >= 0.6 is 45.8 Å². The first-order valence-corrected chi connectivity index (χ1v) is 7.79. The molecule has 20 heavy (non-hydrogen) atoms. The molecular formula is C12H12Cl2IN5. The number of benzene rings is 1. The van der Waals surface area contributed by atoms with Crippen molar-refractivity contribution in [2.45, 2.75) is 13.3 Å². The first-order chi connectivity index (χ1) is 9.58. The molecule has 0 saturated heterocycles. The number of halogens is 3. The molecular weight excluding hydrogens is 412 g/mol. The minimum absolute atomic E-state index is 0.144. The normalized spacial score (nSPS) is 10.4. The van der Waals surface area contributed by atoms with Gasteiger partial charge in [0.25, 0.3) is 0 Å². The van der Waals surface area contributed by atoms with Gasteiger partial charge in [0.15, 0.2) is 0 Å². The van der Waals surface area contributed by atoms with Crippen LogP contribution in [-0.2, 0) is 0 Å². The molecule has 0 saturated carbocycles. The van der Waals surface area contributed by atoms with Crippen LogP contribution in [0.15, 0.2) is 18.2 Å². The molecule has 1 heterocycles. The van der Waals surface area contributed by atoms with Crippen molar-refractivity contribution in [1.29, 1.82) is 0 Å². The Bertz CT molecular complexity index is 608. The molecule has 0 aliphatic heterocycles. The van der Waals surface area contributed by atoms with Gasteiger partial charge in [0.2, 0.25) is 17.2 Å². The second kappa shape index (κ2) is 7.24. The van der Waals surface area contributed by atoms with Crippen molar-refractivity contribution in [1.82, 2.24) is 15.0 Å². The van der Waals surface area contributed by atoms with Crippen molar-refractivity contribution in [2.75, 3.05) is 17.2 Å². The molecule has 1 aromatic carbocycles. The number of rotatable bonds is 5. The topological polar surface area (TPSA) is 62.7 Å². The van der Waals surface area contributed by atoms with E-state index in [0.29, 0.717) is 16.9 Å². The molecule has 0 aliphatic rings. The van der Waals surface area contributed by atoms with Gasteiger partial charge in [-0.3, -0.25) is 0 Å². The summed E-state index contributed by atoms with van der Waals surface area (Å²) >= 11 is 14.0. The van der Waals surface area contributed by atoms with Gasteiger partial charge in [0.1, 0.15) is 0 Å². The monoisotopic (exact) mass is 423 g/mol. The van der Waals surface area contributed by atoms with Gasteiger partial charge in [-0.25, -0.2) is 0 Å². The van der Waals surface area contributed by atoms with Crippen LogP contribution in [0.2, 0.25) is 10.3 Å². The van der Waals surface area contributed by atoms with Crippen LogP contribution in [0.1, 0.15) is 13.3 Å².